The van der Waals surface area contributed by atoms with Crippen LogP contribution in [0, 0.1) is 11.2 Å². The van der Waals surface area contributed by atoms with Gasteiger partial charge in [-0.3, -0.25) is 13.8 Å². The lowest BCUT2D eigenvalue weighted by Gasteiger charge is -2.46. The predicted octanol–water partition coefficient (Wildman–Crippen LogP) is 7.64. The Morgan fingerprint density at radius 3 is 2.07 bits per heavy atom. The number of alkyl halides is 2. The van der Waals surface area contributed by atoms with Crippen molar-refractivity contribution < 1.29 is 8.78 Å². The van der Waals surface area contributed by atoms with Gasteiger partial charge in [0.15, 0.2) is 0 Å². The molecule has 0 radical (unpaired) electrons. The molecule has 4 aromatic rings. The number of nitrogens with zero attached hydrogens (tertiary/aromatic N) is 5. The van der Waals surface area contributed by atoms with E-state index < -0.39 is 16.5 Å². The lowest BCUT2D eigenvalue weighted by atomic mass is 9.92. The van der Waals surface area contributed by atoms with Crippen LogP contribution in [0.1, 0.15) is 71.1 Å². The maximum atomic E-state index is 14.6. The van der Waals surface area contributed by atoms with E-state index in [2.05, 4.69) is 62.7 Å². The Balaban J connectivity index is 1.77. The fraction of sp³-hybridized carbons (Fsp3) is 0.471. The van der Waals surface area contributed by atoms with Crippen molar-refractivity contribution in [2.75, 3.05) is 11.4 Å². The average Bonchev–Trinajstić information content (AvgIpc) is 3.48. The molecular weight excluding hydrogens is 564 g/mol. The van der Waals surface area contributed by atoms with Crippen LogP contribution in [0.15, 0.2) is 41.5 Å². The Labute approximate surface area is 255 Å². The second-order valence-electron chi connectivity index (χ2n) is 12.4. The summed E-state index contributed by atoms with van der Waals surface area (Å²) in [6, 6.07) is 7.59. The molecular formula is C34H43F2N5OS. The largest absolute Gasteiger partial charge is 0.340 e. The van der Waals surface area contributed by atoms with Crippen LogP contribution in [0.2, 0.25) is 0 Å². The second kappa shape index (κ2) is 11.5. The van der Waals surface area contributed by atoms with Gasteiger partial charge in [0.05, 0.1) is 28.5 Å². The van der Waals surface area contributed by atoms with Gasteiger partial charge in [-0.25, -0.2) is 13.6 Å². The Bertz CT molecular complexity index is 1780. The van der Waals surface area contributed by atoms with E-state index >= 15 is 0 Å². The number of fused-ring (bicyclic) bond motifs is 2. The summed E-state index contributed by atoms with van der Waals surface area (Å²) in [5.74, 6) is 3.61. The lowest BCUT2D eigenvalue weighted by Crippen LogP contribution is -2.27. The maximum absolute atomic E-state index is 14.6. The number of hydrogen-bond acceptors (Lipinski definition) is 3. The molecule has 0 aliphatic carbocycles. The smallest absolute Gasteiger partial charge is 0.328 e. The average molecular weight is 608 g/mol. The monoisotopic (exact) mass is 607 g/mol. The fourth-order valence-electron chi connectivity index (χ4n) is 6.88. The highest BCUT2D eigenvalue weighted by Crippen LogP contribution is 2.59. The third-order valence-electron chi connectivity index (χ3n) is 9.00. The molecule has 0 saturated heterocycles. The standard InChI is InChI=1S/C34H43F2N5OS/c1-21(2)43(22(3)4,23(5)6)14-12-25-16-31-32(40(9)34(42)39(31)8)18-30(25)41-13-10-11-24-15-27(26-19-37-38(7)20-26)28(33(35)36)17-29(24)41/h15-23,33H,10-11,13H2,1-9H3. The van der Waals surface area contributed by atoms with E-state index in [1.807, 2.05) is 18.2 Å². The van der Waals surface area contributed by atoms with Gasteiger partial charge >= 0.3 is 5.69 Å². The zero-order valence-electron chi connectivity index (χ0n) is 26.7. The summed E-state index contributed by atoms with van der Waals surface area (Å²) >= 11 is 0. The summed E-state index contributed by atoms with van der Waals surface area (Å²) in [5, 5.41) is 9.24. The molecule has 0 amide bonds. The van der Waals surface area contributed by atoms with Crippen molar-refractivity contribution in [3.8, 4) is 22.3 Å². The third-order valence-corrected chi connectivity index (χ3v) is 14.1. The van der Waals surface area contributed by atoms with E-state index in [0.717, 1.165) is 46.4 Å². The normalized spacial score (nSPS) is 14.3. The SMILES string of the molecule is CC(C)S(C#Cc1cc2c(cc1N1CCCc3cc(-c4cnn(C)c4)c(C(F)F)cc31)n(C)c(=O)n2C)(C(C)C)C(C)C. The molecule has 0 saturated carbocycles. The minimum atomic E-state index is -2.65. The molecule has 0 atom stereocenters. The van der Waals surface area contributed by atoms with Crippen LogP contribution in [0.25, 0.3) is 22.2 Å². The number of aromatic nitrogens is 4. The molecule has 9 heteroatoms. The van der Waals surface area contributed by atoms with Crippen LogP contribution < -0.4 is 10.6 Å². The van der Waals surface area contributed by atoms with E-state index in [-0.39, 0.29) is 11.3 Å². The summed E-state index contributed by atoms with van der Waals surface area (Å²) in [4.78, 5) is 15.1. The molecule has 1 aliphatic heterocycles. The summed E-state index contributed by atoms with van der Waals surface area (Å²) in [6.45, 7) is 14.3. The Hall–Kier alpha value is -3.51. The molecule has 3 heterocycles. The van der Waals surface area contributed by atoms with E-state index in [9.17, 15) is 13.6 Å². The molecule has 0 fully saturated rings. The van der Waals surface area contributed by atoms with Crippen LogP contribution in [0.4, 0.5) is 20.2 Å². The van der Waals surface area contributed by atoms with Gasteiger partial charge in [-0.2, -0.15) is 15.1 Å². The highest BCUT2D eigenvalue weighted by molar-refractivity contribution is 8.38. The van der Waals surface area contributed by atoms with Crippen LogP contribution in [-0.4, -0.2) is 41.2 Å². The summed E-state index contributed by atoms with van der Waals surface area (Å²) in [5.41, 5.74) is 6.11. The van der Waals surface area contributed by atoms with E-state index in [0.29, 0.717) is 33.4 Å². The third kappa shape index (κ3) is 5.18. The van der Waals surface area contributed by atoms with Crippen molar-refractivity contribution in [2.45, 2.75) is 76.6 Å². The first-order chi connectivity index (χ1) is 20.3. The Kier molecular flexibility index (Phi) is 8.30. The highest BCUT2D eigenvalue weighted by atomic mass is 32.3. The summed E-state index contributed by atoms with van der Waals surface area (Å²) in [7, 11) is 4.00. The molecule has 2 aromatic carbocycles. The quantitative estimate of drug-likeness (QED) is 0.212. The van der Waals surface area contributed by atoms with E-state index in [1.165, 1.54) is 0 Å². The molecule has 0 N–H and O–H groups in total. The first-order valence-electron chi connectivity index (χ1n) is 15.0. The molecule has 6 nitrogen and oxygen atoms in total. The topological polar surface area (TPSA) is 48.0 Å². The van der Waals surface area contributed by atoms with Crippen LogP contribution >= 0.6 is 10.0 Å². The molecule has 5 rings (SSSR count). The molecule has 0 bridgehead atoms. The highest BCUT2D eigenvalue weighted by Gasteiger charge is 2.33. The van der Waals surface area contributed by atoms with E-state index in [1.54, 1.807) is 53.4 Å². The maximum Gasteiger partial charge on any atom is 0.328 e. The van der Waals surface area contributed by atoms with Crippen molar-refractivity contribution in [1.29, 1.82) is 0 Å². The van der Waals surface area contributed by atoms with Gasteiger partial charge in [0, 0.05) is 50.7 Å². The zero-order chi connectivity index (χ0) is 31.4. The van der Waals surface area contributed by atoms with Crippen molar-refractivity contribution >= 4 is 32.4 Å². The first kappa shape index (κ1) is 30.9. The van der Waals surface area contributed by atoms with Gasteiger partial charge in [-0.05, 0) is 69.2 Å². The van der Waals surface area contributed by atoms with Crippen molar-refractivity contribution in [3.63, 3.8) is 0 Å². The minimum Gasteiger partial charge on any atom is -0.340 e. The van der Waals surface area contributed by atoms with E-state index in [4.69, 9.17) is 0 Å². The number of anilines is 2. The number of benzene rings is 2. The van der Waals surface area contributed by atoms with Gasteiger partial charge in [-0.1, -0.05) is 47.5 Å². The first-order valence-corrected chi connectivity index (χ1v) is 16.8. The Morgan fingerprint density at radius 2 is 1.51 bits per heavy atom. The molecule has 230 valence electrons. The fourth-order valence-corrected chi connectivity index (χ4v) is 11.1. The van der Waals surface area contributed by atoms with Crippen molar-refractivity contribution in [3.05, 3.63) is 63.8 Å². The van der Waals surface area contributed by atoms with Crippen LogP contribution in [-0.2, 0) is 27.6 Å². The number of aryl methyl sites for hydroxylation is 4. The van der Waals surface area contributed by atoms with Gasteiger partial charge < -0.3 is 4.90 Å². The minimum absolute atomic E-state index is 0.0117. The molecule has 0 unspecified atom stereocenters. The number of halogens is 2. The Morgan fingerprint density at radius 1 is 0.884 bits per heavy atom. The molecule has 43 heavy (non-hydrogen) atoms. The summed E-state index contributed by atoms with van der Waals surface area (Å²) in [6.07, 6.45) is 2.42. The molecule has 1 aliphatic rings. The van der Waals surface area contributed by atoms with Crippen molar-refractivity contribution in [1.82, 2.24) is 18.9 Å². The van der Waals surface area contributed by atoms with Crippen molar-refractivity contribution in [2.24, 2.45) is 21.1 Å². The van der Waals surface area contributed by atoms with Crippen LogP contribution in [0.5, 0.6) is 0 Å². The van der Waals surface area contributed by atoms with Crippen LogP contribution in [0.3, 0.4) is 0 Å². The zero-order valence-corrected chi connectivity index (χ0v) is 27.5. The summed E-state index contributed by atoms with van der Waals surface area (Å²) < 4.78 is 34.1. The number of rotatable bonds is 6. The van der Waals surface area contributed by atoms with Gasteiger partial charge in [0.25, 0.3) is 6.43 Å². The lowest BCUT2D eigenvalue weighted by molar-refractivity contribution is 0.152. The van der Waals surface area contributed by atoms with Gasteiger partial charge in [-0.15, -0.1) is 0 Å². The number of imidazole rings is 1. The molecule has 2 aromatic heterocycles. The van der Waals surface area contributed by atoms with Gasteiger partial charge in [0.2, 0.25) is 0 Å². The predicted molar refractivity (Wildman–Crippen MR) is 177 cm³/mol. The van der Waals surface area contributed by atoms with Gasteiger partial charge in [0.1, 0.15) is 0 Å². The molecule has 0 spiro atoms. The number of hydrogen-bond donors (Lipinski definition) is 0. The second-order valence-corrected chi connectivity index (χ2v) is 17.0.